The molecule has 290 valence electrons. The van der Waals surface area contributed by atoms with Gasteiger partial charge in [-0.05, 0) is 66.4 Å². The molecule has 2 aromatic carbocycles. The molecule has 3 heterocycles. The number of aliphatic hydroxyl groups excluding tert-OH is 1. The van der Waals surface area contributed by atoms with E-state index in [0.717, 1.165) is 0 Å². The fraction of sp³-hybridized carbons (Fsp3) is 0.514. The molecule has 3 amide bonds. The van der Waals surface area contributed by atoms with Crippen LogP contribution in [0.1, 0.15) is 37.3 Å². The van der Waals surface area contributed by atoms with E-state index in [0.29, 0.717) is 61.6 Å². The number of aliphatic hydroxyl groups is 1. The summed E-state index contributed by atoms with van der Waals surface area (Å²) in [5.74, 6) is -1.26. The van der Waals surface area contributed by atoms with Crippen LogP contribution in [0.3, 0.4) is 0 Å². The van der Waals surface area contributed by atoms with Gasteiger partial charge < -0.3 is 29.5 Å². The van der Waals surface area contributed by atoms with Gasteiger partial charge in [0.2, 0.25) is 11.8 Å². The van der Waals surface area contributed by atoms with Crippen molar-refractivity contribution in [3.8, 4) is 0 Å². The number of thiocarbonyl (C=S) groups is 1. The summed E-state index contributed by atoms with van der Waals surface area (Å²) >= 11 is 5.77. The van der Waals surface area contributed by atoms with E-state index in [1.807, 2.05) is 4.90 Å². The molecule has 54 heavy (non-hydrogen) atoms. The minimum atomic E-state index is -0.878. The Labute approximate surface area is 315 Å². The molecule has 5 rings (SSSR count). The quantitative estimate of drug-likeness (QED) is 0.0874. The van der Waals surface area contributed by atoms with Crippen LogP contribution in [0.5, 0.6) is 0 Å². The lowest BCUT2D eigenvalue weighted by molar-refractivity contribution is -0.385. The van der Waals surface area contributed by atoms with Crippen molar-refractivity contribution < 1.29 is 48.3 Å². The van der Waals surface area contributed by atoms with Gasteiger partial charge in [0.15, 0.2) is 0 Å². The van der Waals surface area contributed by atoms with Crippen LogP contribution in [-0.4, -0.2) is 123 Å². The Morgan fingerprint density at radius 1 is 0.926 bits per heavy atom. The number of likely N-dealkylation sites (tertiary alicyclic amines) is 1. The van der Waals surface area contributed by atoms with Gasteiger partial charge in [0.1, 0.15) is 25.9 Å². The zero-order valence-corrected chi connectivity index (χ0v) is 30.4. The molecule has 0 radical (unpaired) electrons. The Hall–Kier alpha value is -5.27. The van der Waals surface area contributed by atoms with E-state index >= 15 is 0 Å². The van der Waals surface area contributed by atoms with Crippen molar-refractivity contribution in [3.05, 3.63) is 79.9 Å². The number of amides is 3. The lowest BCUT2D eigenvalue weighted by Crippen LogP contribution is -2.61. The Morgan fingerprint density at radius 2 is 1.50 bits per heavy atom. The summed E-state index contributed by atoms with van der Waals surface area (Å²) in [6, 6.07) is 10.2. The SMILES string of the molecule is C[C@@H](O)[C@H]1C(=O)N[C@H]1CCC(=S)[C@H]1C[C@@H](C(=O)N2CCN(CCOC(=O)OCc3ccc([N+](=O)[O-])cc3)CC2)N(C(=O)OCc2ccc([N+](=O)[O-])cc2)C1. The molecule has 3 aliphatic heterocycles. The fourth-order valence-corrected chi connectivity index (χ4v) is 7.06. The number of nitro benzene ring substituents is 2. The van der Waals surface area contributed by atoms with Crippen LogP contribution in [0.2, 0.25) is 0 Å². The smallest absolute Gasteiger partial charge is 0.445 e. The van der Waals surface area contributed by atoms with Gasteiger partial charge in [0.25, 0.3) is 11.4 Å². The lowest BCUT2D eigenvalue weighted by atomic mass is 9.82. The van der Waals surface area contributed by atoms with E-state index in [4.69, 9.17) is 26.4 Å². The second-order valence-corrected chi connectivity index (χ2v) is 14.0. The third-order valence-electron chi connectivity index (χ3n) is 9.89. The fourth-order valence-electron chi connectivity index (χ4n) is 6.77. The maximum absolute atomic E-state index is 13.9. The van der Waals surface area contributed by atoms with Gasteiger partial charge in [-0.2, -0.15) is 0 Å². The molecule has 0 aliphatic carbocycles. The maximum atomic E-state index is 13.9. The normalized spacial score (nSPS) is 21.7. The molecule has 0 unspecified atom stereocenters. The second-order valence-electron chi connectivity index (χ2n) is 13.4. The van der Waals surface area contributed by atoms with Gasteiger partial charge in [0, 0.05) is 75.5 Å². The molecule has 19 heteroatoms. The number of non-ortho nitro benzene ring substituents is 2. The predicted octanol–water partition coefficient (Wildman–Crippen LogP) is 2.97. The van der Waals surface area contributed by atoms with Gasteiger partial charge >= 0.3 is 12.2 Å². The first kappa shape index (κ1) is 39.9. The molecule has 5 atom stereocenters. The number of benzene rings is 2. The predicted molar refractivity (Wildman–Crippen MR) is 193 cm³/mol. The monoisotopic (exact) mass is 770 g/mol. The Bertz CT molecular complexity index is 1720. The third-order valence-corrected chi connectivity index (χ3v) is 10.4. The summed E-state index contributed by atoms with van der Waals surface area (Å²) in [5.41, 5.74) is 0.938. The largest absolute Gasteiger partial charge is 0.508 e. The van der Waals surface area contributed by atoms with Crippen molar-refractivity contribution >= 4 is 52.5 Å². The van der Waals surface area contributed by atoms with Crippen LogP contribution in [0.4, 0.5) is 21.0 Å². The molecular formula is C35H42N6O12S. The summed E-state index contributed by atoms with van der Waals surface area (Å²) < 4.78 is 15.8. The molecule has 2 N–H and O–H groups in total. The number of carbonyl (C=O) groups is 4. The number of nitrogens with one attached hydrogen (secondary N) is 1. The molecule has 18 nitrogen and oxygen atoms in total. The molecule has 3 saturated heterocycles. The van der Waals surface area contributed by atoms with Crippen LogP contribution >= 0.6 is 12.2 Å². The summed E-state index contributed by atoms with van der Waals surface area (Å²) in [4.78, 5) is 77.8. The van der Waals surface area contributed by atoms with Crippen molar-refractivity contribution in [3.63, 3.8) is 0 Å². The third kappa shape index (κ3) is 10.2. The molecule has 0 saturated carbocycles. The van der Waals surface area contributed by atoms with Gasteiger partial charge in [-0.1, -0.05) is 12.2 Å². The molecule has 0 spiro atoms. The average molecular weight is 771 g/mol. The minimum absolute atomic E-state index is 0.0473. The average Bonchev–Trinajstić information content (AvgIpc) is 3.60. The summed E-state index contributed by atoms with van der Waals surface area (Å²) in [6.07, 6.45) is -1.13. The Kier molecular flexibility index (Phi) is 13.4. The number of rotatable bonds is 15. The topological polar surface area (TPSA) is 224 Å². The summed E-state index contributed by atoms with van der Waals surface area (Å²) in [5, 5.41) is 34.6. The first-order valence-electron chi connectivity index (χ1n) is 17.5. The summed E-state index contributed by atoms with van der Waals surface area (Å²) in [6.45, 7) is 3.62. The number of nitrogens with zero attached hydrogens (tertiary/aromatic N) is 5. The van der Waals surface area contributed by atoms with E-state index < -0.39 is 40.2 Å². The highest BCUT2D eigenvalue weighted by Gasteiger charge is 2.45. The molecule has 0 bridgehead atoms. The van der Waals surface area contributed by atoms with Crippen LogP contribution in [0, 0.1) is 32.1 Å². The van der Waals surface area contributed by atoms with E-state index in [-0.39, 0.29) is 67.9 Å². The number of β-lactam (4-membered cyclic amide) rings is 1. The van der Waals surface area contributed by atoms with E-state index in [9.17, 15) is 44.5 Å². The van der Waals surface area contributed by atoms with E-state index in [2.05, 4.69) is 5.32 Å². The number of hydrogen-bond acceptors (Lipinski definition) is 14. The molecular weight excluding hydrogens is 728 g/mol. The number of carbonyl (C=O) groups excluding carboxylic acids is 4. The highest BCUT2D eigenvalue weighted by molar-refractivity contribution is 7.80. The van der Waals surface area contributed by atoms with Crippen LogP contribution in [0.15, 0.2) is 48.5 Å². The van der Waals surface area contributed by atoms with Crippen molar-refractivity contribution in [1.82, 2.24) is 20.0 Å². The standard InChI is InChI=1S/C35H42N6O12S/c1-22(42)31-28(36-32(31)43)10-11-30(54)25-18-29(39(19-25)34(45)52-20-23-2-6-26(7-3-23)40(47)48)33(44)38-14-12-37(13-15-38)16-17-51-35(46)53-21-24-4-8-27(9-5-24)41(49)50/h2-9,22,25,28-29,31,42H,10-21H2,1H3,(H,36,43)/t22-,25+,28+,29+,31-/m1/s1. The van der Waals surface area contributed by atoms with Crippen molar-refractivity contribution in [1.29, 1.82) is 0 Å². The lowest BCUT2D eigenvalue weighted by Gasteiger charge is -2.38. The van der Waals surface area contributed by atoms with Crippen molar-refractivity contribution in [2.45, 2.75) is 57.6 Å². The van der Waals surface area contributed by atoms with E-state index in [1.54, 1.807) is 11.8 Å². The maximum Gasteiger partial charge on any atom is 0.508 e. The highest BCUT2D eigenvalue weighted by atomic mass is 32.1. The van der Waals surface area contributed by atoms with Gasteiger partial charge in [0.05, 0.1) is 21.9 Å². The van der Waals surface area contributed by atoms with Gasteiger partial charge in [-0.15, -0.1) is 0 Å². The van der Waals surface area contributed by atoms with Crippen molar-refractivity contribution in [2.75, 3.05) is 45.9 Å². The Balaban J connectivity index is 1.11. The molecule has 2 aromatic rings. The Morgan fingerprint density at radius 3 is 2.04 bits per heavy atom. The molecule has 0 aromatic heterocycles. The van der Waals surface area contributed by atoms with Crippen LogP contribution in [0.25, 0.3) is 0 Å². The number of nitro groups is 2. The van der Waals surface area contributed by atoms with Gasteiger partial charge in [-0.3, -0.25) is 39.6 Å². The first-order chi connectivity index (χ1) is 25.8. The van der Waals surface area contributed by atoms with E-state index in [1.165, 1.54) is 53.4 Å². The number of hydrogen-bond donors (Lipinski definition) is 2. The zero-order valence-electron chi connectivity index (χ0n) is 29.6. The zero-order chi connectivity index (χ0) is 38.9. The van der Waals surface area contributed by atoms with Crippen LogP contribution < -0.4 is 5.32 Å². The van der Waals surface area contributed by atoms with Crippen molar-refractivity contribution in [2.24, 2.45) is 11.8 Å². The van der Waals surface area contributed by atoms with Crippen LogP contribution in [-0.2, 0) is 37.0 Å². The summed E-state index contributed by atoms with van der Waals surface area (Å²) in [7, 11) is 0. The highest BCUT2D eigenvalue weighted by Crippen LogP contribution is 2.31. The number of piperazine rings is 1. The number of ether oxygens (including phenoxy) is 3. The second kappa shape index (κ2) is 18.2. The molecule has 3 aliphatic rings. The van der Waals surface area contributed by atoms with Gasteiger partial charge in [-0.25, -0.2) is 9.59 Å². The molecule has 3 fully saturated rings. The minimum Gasteiger partial charge on any atom is -0.445 e. The first-order valence-corrected chi connectivity index (χ1v) is 17.9.